The Labute approximate surface area is 79.6 Å². The van der Waals surface area contributed by atoms with Crippen molar-refractivity contribution in [2.45, 2.75) is 51.6 Å². The summed E-state index contributed by atoms with van der Waals surface area (Å²) in [4.78, 5) is 0. The fraction of sp³-hybridized carbons (Fsp3) is 1.00. The Kier molecular flexibility index (Phi) is 2.35. The molecular weight excluding hydrogens is 172 g/mol. The second-order valence-corrected chi connectivity index (χ2v) is 4.81. The molecule has 2 aliphatic carbocycles. The highest BCUT2D eigenvalue weighted by Gasteiger charge is 2.45. The quantitative estimate of drug-likeness (QED) is 0.645. The van der Waals surface area contributed by atoms with Crippen LogP contribution in [0.1, 0.15) is 45.4 Å². The molecule has 0 aromatic rings. The molecule has 2 rings (SSSR count). The second-order valence-electron chi connectivity index (χ2n) is 4.63. The van der Waals surface area contributed by atoms with E-state index in [1.807, 2.05) is 0 Å². The molecule has 1 unspecified atom stereocenters. The Bertz CT molecular complexity index is 155. The molecule has 70 valence electrons. The molecule has 2 fully saturated rings. The minimum absolute atomic E-state index is 0.253. The summed E-state index contributed by atoms with van der Waals surface area (Å²) in [6, 6.07) is 0. The third-order valence-electron chi connectivity index (χ3n) is 3.85. The van der Waals surface area contributed by atoms with Crippen LogP contribution in [0.5, 0.6) is 0 Å². The summed E-state index contributed by atoms with van der Waals surface area (Å²) in [6.45, 7) is 2.09. The van der Waals surface area contributed by atoms with Crippen LogP contribution in [-0.4, -0.2) is 6.10 Å². The van der Waals surface area contributed by atoms with Gasteiger partial charge >= 0.3 is 0 Å². The first-order valence-corrected chi connectivity index (χ1v) is 5.34. The maximum Gasteiger partial charge on any atom is 0.0790 e. The molecule has 2 heteroatoms. The van der Waals surface area contributed by atoms with E-state index in [9.17, 15) is 0 Å². The smallest absolute Gasteiger partial charge is 0.0790 e. The first-order valence-electron chi connectivity index (χ1n) is 5.03. The van der Waals surface area contributed by atoms with E-state index in [2.05, 4.69) is 6.92 Å². The van der Waals surface area contributed by atoms with Gasteiger partial charge in [-0.3, -0.25) is 4.29 Å². The molecular formula is C10H17ClO. The Morgan fingerprint density at radius 2 is 1.83 bits per heavy atom. The number of halogens is 1. The van der Waals surface area contributed by atoms with Crippen molar-refractivity contribution in [3.8, 4) is 0 Å². The molecule has 0 heterocycles. The molecule has 0 amide bonds. The molecule has 2 saturated carbocycles. The van der Waals surface area contributed by atoms with Crippen molar-refractivity contribution in [3.05, 3.63) is 0 Å². The average molecular weight is 189 g/mol. The van der Waals surface area contributed by atoms with Crippen LogP contribution in [-0.2, 0) is 4.29 Å². The molecule has 0 bridgehead atoms. The largest absolute Gasteiger partial charge is 0.276 e. The van der Waals surface area contributed by atoms with Gasteiger partial charge in [-0.2, -0.15) is 0 Å². The van der Waals surface area contributed by atoms with Gasteiger partial charge in [-0.25, -0.2) is 0 Å². The number of hydrogen-bond acceptors (Lipinski definition) is 1. The predicted octanol–water partition coefficient (Wildman–Crippen LogP) is 3.52. The van der Waals surface area contributed by atoms with Crippen molar-refractivity contribution in [2.24, 2.45) is 11.3 Å². The zero-order valence-electron chi connectivity index (χ0n) is 7.68. The van der Waals surface area contributed by atoms with Gasteiger partial charge in [0.1, 0.15) is 0 Å². The summed E-state index contributed by atoms with van der Waals surface area (Å²) in [6.07, 6.45) is 8.71. The molecule has 12 heavy (non-hydrogen) atoms. The molecule has 1 atom stereocenters. The van der Waals surface area contributed by atoms with Crippen LogP contribution >= 0.6 is 11.9 Å². The molecule has 0 aromatic heterocycles. The molecule has 0 N–H and O–H groups in total. The maximum atomic E-state index is 5.37. The lowest BCUT2D eigenvalue weighted by atomic mass is 9.78. The molecule has 0 aliphatic heterocycles. The summed E-state index contributed by atoms with van der Waals surface area (Å²) in [5, 5.41) is 0. The fourth-order valence-corrected chi connectivity index (χ4v) is 2.62. The Hall–Kier alpha value is 0.250. The lowest BCUT2D eigenvalue weighted by Crippen LogP contribution is -2.24. The Morgan fingerprint density at radius 1 is 1.25 bits per heavy atom. The van der Waals surface area contributed by atoms with Gasteiger partial charge in [0.05, 0.1) is 18.0 Å². The molecule has 1 nitrogen and oxygen atoms in total. The van der Waals surface area contributed by atoms with Crippen molar-refractivity contribution < 1.29 is 4.29 Å². The van der Waals surface area contributed by atoms with E-state index in [1.165, 1.54) is 38.5 Å². The second kappa shape index (κ2) is 3.19. The summed E-state index contributed by atoms with van der Waals surface area (Å²) in [5.74, 6) is 0.716. The van der Waals surface area contributed by atoms with E-state index >= 15 is 0 Å². The lowest BCUT2D eigenvalue weighted by Gasteiger charge is -2.30. The summed E-state index contributed by atoms with van der Waals surface area (Å²) >= 11 is 5.37. The van der Waals surface area contributed by atoms with E-state index in [-0.39, 0.29) is 6.10 Å². The fourth-order valence-electron chi connectivity index (χ4n) is 2.47. The van der Waals surface area contributed by atoms with Crippen molar-refractivity contribution in [1.29, 1.82) is 0 Å². The summed E-state index contributed by atoms with van der Waals surface area (Å²) in [5.41, 5.74) is 0.794. The molecule has 0 aromatic carbocycles. The Morgan fingerprint density at radius 3 is 2.25 bits per heavy atom. The van der Waals surface area contributed by atoms with Gasteiger partial charge < -0.3 is 0 Å². The topological polar surface area (TPSA) is 9.23 Å². The van der Waals surface area contributed by atoms with Gasteiger partial charge in [-0.05, 0) is 56.8 Å². The molecule has 2 aliphatic rings. The highest BCUT2D eigenvalue weighted by molar-refractivity contribution is 6.07. The normalized spacial score (nSPS) is 30.5. The molecule has 0 radical (unpaired) electrons. The zero-order valence-corrected chi connectivity index (χ0v) is 8.44. The molecule has 1 spiro atoms. The standard InChI is InChI=1S/C10H17ClO/c1-8(12-11)9-2-4-10(5-3-9)6-7-10/h8-9H,2-7H2,1H3. The summed E-state index contributed by atoms with van der Waals surface area (Å²) in [7, 11) is 0. The van der Waals surface area contributed by atoms with Crippen LogP contribution in [0.4, 0.5) is 0 Å². The van der Waals surface area contributed by atoms with Crippen molar-refractivity contribution in [1.82, 2.24) is 0 Å². The predicted molar refractivity (Wildman–Crippen MR) is 50.0 cm³/mol. The lowest BCUT2D eigenvalue weighted by molar-refractivity contribution is 0.114. The SMILES string of the molecule is CC(OCl)C1CCC2(CC1)CC2. The van der Waals surface area contributed by atoms with Gasteiger partial charge in [0, 0.05) is 0 Å². The minimum atomic E-state index is 0.253. The third-order valence-corrected chi connectivity index (χ3v) is 4.13. The van der Waals surface area contributed by atoms with E-state index in [4.69, 9.17) is 16.2 Å². The third kappa shape index (κ3) is 1.62. The van der Waals surface area contributed by atoms with Crippen LogP contribution in [0.2, 0.25) is 0 Å². The first-order chi connectivity index (χ1) is 5.76. The zero-order chi connectivity index (χ0) is 8.60. The van der Waals surface area contributed by atoms with Crippen LogP contribution in [0, 0.1) is 11.3 Å². The van der Waals surface area contributed by atoms with Crippen molar-refractivity contribution in [3.63, 3.8) is 0 Å². The van der Waals surface area contributed by atoms with Crippen LogP contribution < -0.4 is 0 Å². The number of rotatable bonds is 2. The van der Waals surface area contributed by atoms with Gasteiger partial charge in [0.15, 0.2) is 0 Å². The molecule has 0 saturated heterocycles. The van der Waals surface area contributed by atoms with E-state index < -0.39 is 0 Å². The van der Waals surface area contributed by atoms with Crippen molar-refractivity contribution >= 4 is 11.9 Å². The minimum Gasteiger partial charge on any atom is -0.276 e. The number of hydrogen-bond donors (Lipinski definition) is 0. The van der Waals surface area contributed by atoms with Crippen molar-refractivity contribution in [2.75, 3.05) is 0 Å². The van der Waals surface area contributed by atoms with Gasteiger partial charge in [0.25, 0.3) is 0 Å². The van der Waals surface area contributed by atoms with E-state index in [0.717, 1.165) is 5.41 Å². The van der Waals surface area contributed by atoms with Gasteiger partial charge in [-0.15, -0.1) is 0 Å². The van der Waals surface area contributed by atoms with Gasteiger partial charge in [0.2, 0.25) is 0 Å². The van der Waals surface area contributed by atoms with E-state index in [0.29, 0.717) is 5.92 Å². The Balaban J connectivity index is 1.81. The van der Waals surface area contributed by atoms with Crippen LogP contribution in [0.15, 0.2) is 0 Å². The van der Waals surface area contributed by atoms with Gasteiger partial charge in [-0.1, -0.05) is 0 Å². The van der Waals surface area contributed by atoms with E-state index in [1.54, 1.807) is 0 Å². The summed E-state index contributed by atoms with van der Waals surface area (Å²) < 4.78 is 4.85. The first kappa shape index (κ1) is 8.83. The maximum absolute atomic E-state index is 5.37. The highest BCUT2D eigenvalue weighted by Crippen LogP contribution is 2.57. The average Bonchev–Trinajstić information content (AvgIpc) is 2.85. The van der Waals surface area contributed by atoms with Crippen LogP contribution in [0.25, 0.3) is 0 Å². The highest BCUT2D eigenvalue weighted by atomic mass is 35.5. The van der Waals surface area contributed by atoms with Crippen LogP contribution in [0.3, 0.4) is 0 Å². The monoisotopic (exact) mass is 188 g/mol.